The van der Waals surface area contributed by atoms with Gasteiger partial charge in [0, 0.05) is 30.6 Å². The molecule has 0 atom stereocenters. The molecule has 0 aliphatic carbocycles. The molecule has 3 rings (SSSR count). The Morgan fingerprint density at radius 3 is 2.45 bits per heavy atom. The Bertz CT molecular complexity index is 819. The predicted molar refractivity (Wildman–Crippen MR) is 112 cm³/mol. The number of likely N-dealkylation sites (tertiary alicyclic amines) is 1. The summed E-state index contributed by atoms with van der Waals surface area (Å²) in [6.45, 7) is 7.38. The molecule has 2 heterocycles. The van der Waals surface area contributed by atoms with Crippen LogP contribution in [0.4, 0.5) is 0 Å². The van der Waals surface area contributed by atoms with E-state index in [-0.39, 0.29) is 30.2 Å². The zero-order chi connectivity index (χ0) is 20.8. The molecule has 0 bridgehead atoms. The fourth-order valence-corrected chi connectivity index (χ4v) is 3.87. The van der Waals surface area contributed by atoms with E-state index >= 15 is 0 Å². The van der Waals surface area contributed by atoms with E-state index in [4.69, 9.17) is 4.42 Å². The Hall–Kier alpha value is -2.63. The Kier molecular flexibility index (Phi) is 7.07. The number of carbonyl (C=O) groups is 2. The second-order valence-corrected chi connectivity index (χ2v) is 7.75. The molecule has 2 aromatic rings. The highest BCUT2D eigenvalue weighted by Gasteiger charge is 2.27. The minimum Gasteiger partial charge on any atom is -0.441 e. The number of aryl methyl sites for hydroxylation is 1. The van der Waals surface area contributed by atoms with Gasteiger partial charge in [0.15, 0.2) is 0 Å². The first-order chi connectivity index (χ1) is 14.0. The van der Waals surface area contributed by atoms with Crippen molar-refractivity contribution in [1.29, 1.82) is 0 Å². The topological polar surface area (TPSA) is 75.4 Å². The van der Waals surface area contributed by atoms with Crippen molar-refractivity contribution in [2.24, 2.45) is 5.92 Å². The summed E-state index contributed by atoms with van der Waals surface area (Å²) in [6.07, 6.45) is 3.56. The van der Waals surface area contributed by atoms with Crippen LogP contribution in [0.25, 0.3) is 11.5 Å². The van der Waals surface area contributed by atoms with Gasteiger partial charge in [0.05, 0.1) is 12.1 Å². The SMILES string of the molecule is CCC(CC)C(=O)N1CCC(NC(=O)Cc2nc(-c3ccccc3)oc2C)CC1. The molecule has 29 heavy (non-hydrogen) atoms. The van der Waals surface area contributed by atoms with Crippen molar-refractivity contribution in [3.63, 3.8) is 0 Å². The molecular weight excluding hydrogens is 366 g/mol. The summed E-state index contributed by atoms with van der Waals surface area (Å²) in [5, 5.41) is 3.10. The predicted octanol–water partition coefficient (Wildman–Crippen LogP) is 3.74. The summed E-state index contributed by atoms with van der Waals surface area (Å²) < 4.78 is 5.74. The molecule has 1 N–H and O–H groups in total. The van der Waals surface area contributed by atoms with Crippen LogP contribution < -0.4 is 5.32 Å². The molecule has 0 unspecified atom stereocenters. The van der Waals surface area contributed by atoms with E-state index in [1.807, 2.05) is 42.2 Å². The minimum atomic E-state index is -0.0502. The van der Waals surface area contributed by atoms with Gasteiger partial charge in [-0.15, -0.1) is 0 Å². The standard InChI is InChI=1S/C23H31N3O3/c1-4-17(5-2)23(28)26-13-11-19(12-14-26)24-21(27)15-20-16(3)29-22(25-20)18-9-7-6-8-10-18/h6-10,17,19H,4-5,11-15H2,1-3H3,(H,24,27). The molecule has 1 aliphatic rings. The van der Waals surface area contributed by atoms with Gasteiger partial charge in [-0.25, -0.2) is 4.98 Å². The zero-order valence-electron chi connectivity index (χ0n) is 17.6. The second kappa shape index (κ2) is 9.72. The molecule has 1 aliphatic heterocycles. The summed E-state index contributed by atoms with van der Waals surface area (Å²) in [6, 6.07) is 9.78. The highest BCUT2D eigenvalue weighted by atomic mass is 16.4. The molecule has 6 nitrogen and oxygen atoms in total. The molecule has 1 aromatic heterocycles. The fraction of sp³-hybridized carbons (Fsp3) is 0.522. The van der Waals surface area contributed by atoms with Crippen molar-refractivity contribution in [1.82, 2.24) is 15.2 Å². The number of piperidine rings is 1. The zero-order valence-corrected chi connectivity index (χ0v) is 17.6. The smallest absolute Gasteiger partial charge is 0.226 e. The van der Waals surface area contributed by atoms with Gasteiger partial charge in [0.25, 0.3) is 0 Å². The van der Waals surface area contributed by atoms with Crippen LogP contribution in [-0.4, -0.2) is 40.8 Å². The molecular formula is C23H31N3O3. The maximum Gasteiger partial charge on any atom is 0.226 e. The Labute approximate surface area is 172 Å². The van der Waals surface area contributed by atoms with E-state index in [1.54, 1.807) is 0 Å². The van der Waals surface area contributed by atoms with Crippen LogP contribution in [0.2, 0.25) is 0 Å². The van der Waals surface area contributed by atoms with Crippen molar-refractivity contribution >= 4 is 11.8 Å². The number of aromatic nitrogens is 1. The number of rotatable bonds is 7. The molecule has 0 spiro atoms. The summed E-state index contributed by atoms with van der Waals surface area (Å²) in [7, 11) is 0. The number of amides is 2. The molecule has 0 radical (unpaired) electrons. The van der Waals surface area contributed by atoms with Crippen molar-refractivity contribution in [3.05, 3.63) is 41.8 Å². The number of nitrogens with one attached hydrogen (secondary N) is 1. The normalized spacial score (nSPS) is 15.0. The van der Waals surface area contributed by atoms with Crippen LogP contribution in [0.3, 0.4) is 0 Å². The number of benzene rings is 1. The van der Waals surface area contributed by atoms with Gasteiger partial charge in [-0.2, -0.15) is 0 Å². The monoisotopic (exact) mass is 397 g/mol. The van der Waals surface area contributed by atoms with Crippen LogP contribution in [-0.2, 0) is 16.0 Å². The molecule has 1 fully saturated rings. The number of carbonyl (C=O) groups excluding carboxylic acids is 2. The highest BCUT2D eigenvalue weighted by molar-refractivity contribution is 5.80. The highest BCUT2D eigenvalue weighted by Crippen LogP contribution is 2.22. The van der Waals surface area contributed by atoms with Crippen molar-refractivity contribution in [2.75, 3.05) is 13.1 Å². The number of oxazole rings is 1. The fourth-order valence-electron chi connectivity index (χ4n) is 3.87. The van der Waals surface area contributed by atoms with Gasteiger partial charge in [0.1, 0.15) is 5.76 Å². The van der Waals surface area contributed by atoms with E-state index in [9.17, 15) is 9.59 Å². The van der Waals surface area contributed by atoms with Crippen LogP contribution in [0.15, 0.2) is 34.7 Å². The molecule has 2 amide bonds. The van der Waals surface area contributed by atoms with E-state index in [2.05, 4.69) is 24.1 Å². The third kappa shape index (κ3) is 5.25. The molecule has 0 saturated carbocycles. The lowest BCUT2D eigenvalue weighted by atomic mass is 9.98. The van der Waals surface area contributed by atoms with Gasteiger partial charge < -0.3 is 14.6 Å². The van der Waals surface area contributed by atoms with Crippen molar-refractivity contribution < 1.29 is 14.0 Å². The summed E-state index contributed by atoms with van der Waals surface area (Å²) in [5.74, 6) is 1.54. The number of nitrogens with zero attached hydrogens (tertiary/aromatic N) is 2. The van der Waals surface area contributed by atoms with Crippen LogP contribution in [0.1, 0.15) is 51.0 Å². The second-order valence-electron chi connectivity index (χ2n) is 7.75. The third-order valence-electron chi connectivity index (χ3n) is 5.75. The molecule has 1 saturated heterocycles. The maximum atomic E-state index is 12.5. The van der Waals surface area contributed by atoms with Gasteiger partial charge in [-0.3, -0.25) is 9.59 Å². The van der Waals surface area contributed by atoms with Gasteiger partial charge in [-0.05, 0) is 44.7 Å². The molecule has 1 aromatic carbocycles. The first-order valence-corrected chi connectivity index (χ1v) is 10.6. The minimum absolute atomic E-state index is 0.0502. The Balaban J connectivity index is 1.51. The number of hydrogen-bond acceptors (Lipinski definition) is 4. The van der Waals surface area contributed by atoms with Gasteiger partial charge >= 0.3 is 0 Å². The quantitative estimate of drug-likeness (QED) is 0.772. The first-order valence-electron chi connectivity index (χ1n) is 10.6. The van der Waals surface area contributed by atoms with Crippen LogP contribution in [0.5, 0.6) is 0 Å². The van der Waals surface area contributed by atoms with Crippen LogP contribution in [0, 0.1) is 12.8 Å². The average molecular weight is 398 g/mol. The summed E-state index contributed by atoms with van der Waals surface area (Å²) >= 11 is 0. The Morgan fingerprint density at radius 2 is 1.83 bits per heavy atom. The lowest BCUT2D eigenvalue weighted by Gasteiger charge is -2.34. The first kappa shape index (κ1) is 21.1. The summed E-state index contributed by atoms with van der Waals surface area (Å²) in [5.41, 5.74) is 1.57. The van der Waals surface area contributed by atoms with Crippen LogP contribution >= 0.6 is 0 Å². The lowest BCUT2D eigenvalue weighted by Crippen LogP contribution is -2.48. The van der Waals surface area contributed by atoms with Gasteiger partial charge in [-0.1, -0.05) is 32.0 Å². The van der Waals surface area contributed by atoms with Crippen molar-refractivity contribution in [2.45, 2.75) is 58.9 Å². The van der Waals surface area contributed by atoms with E-state index in [0.717, 1.165) is 31.2 Å². The van der Waals surface area contributed by atoms with Gasteiger partial charge in [0.2, 0.25) is 17.7 Å². The van der Waals surface area contributed by atoms with E-state index < -0.39 is 0 Å². The molecule has 156 valence electrons. The Morgan fingerprint density at radius 1 is 1.17 bits per heavy atom. The van der Waals surface area contributed by atoms with E-state index in [1.165, 1.54) is 0 Å². The maximum absolute atomic E-state index is 12.5. The average Bonchev–Trinajstić information content (AvgIpc) is 3.10. The largest absolute Gasteiger partial charge is 0.441 e. The number of hydrogen-bond donors (Lipinski definition) is 1. The van der Waals surface area contributed by atoms with E-state index in [0.29, 0.717) is 30.4 Å². The lowest BCUT2D eigenvalue weighted by molar-refractivity contribution is -0.137. The third-order valence-corrected chi connectivity index (χ3v) is 5.75. The van der Waals surface area contributed by atoms with Crippen molar-refractivity contribution in [3.8, 4) is 11.5 Å². The molecule has 6 heteroatoms. The summed E-state index contributed by atoms with van der Waals surface area (Å²) in [4.78, 5) is 31.5.